The first-order valence-corrected chi connectivity index (χ1v) is 26.7. The Morgan fingerprint density at radius 2 is 1.18 bits per heavy atom. The van der Waals surface area contributed by atoms with Crippen LogP contribution in [-0.2, 0) is 28.2 Å². The molecule has 254 valence electrons. The SMILES string of the molecule is CC1=C([Si](C)(C)C)C1C=O.CC1=C([Si](C)(C)C)C1CO.COC(=O)/C=C/C1C(C)=C1[Si](C)(C)C.COP(CC(C)=O)OC.O. The molecule has 0 bridgehead atoms. The number of ether oxygens (including phenoxy) is 1. The third-order valence-corrected chi connectivity index (χ3v) is 16.1. The van der Waals surface area contributed by atoms with Gasteiger partial charge in [-0.3, -0.25) is 4.79 Å². The predicted molar refractivity (Wildman–Crippen MR) is 193 cm³/mol. The fourth-order valence-corrected chi connectivity index (χ4v) is 14.0. The second-order valence-electron chi connectivity index (χ2n) is 14.3. The minimum absolute atomic E-state index is 0. The van der Waals surface area contributed by atoms with Gasteiger partial charge in [0.1, 0.15) is 12.1 Å². The molecule has 3 aliphatic rings. The molecule has 3 unspecified atom stereocenters. The van der Waals surface area contributed by atoms with Crippen molar-refractivity contribution >= 4 is 50.6 Å². The van der Waals surface area contributed by atoms with Gasteiger partial charge in [-0.15, -0.1) is 0 Å². The largest absolute Gasteiger partial charge is 0.466 e. The van der Waals surface area contributed by atoms with E-state index >= 15 is 0 Å². The average molecular weight is 689 g/mol. The second kappa shape index (κ2) is 18.7. The Kier molecular flexibility index (Phi) is 19.1. The minimum atomic E-state index is -1.16. The van der Waals surface area contributed by atoms with Gasteiger partial charge in [0.15, 0.2) is 8.38 Å². The highest BCUT2D eigenvalue weighted by Gasteiger charge is 2.41. The molecule has 0 aromatic carbocycles. The lowest BCUT2D eigenvalue weighted by molar-refractivity contribution is -0.134. The van der Waals surface area contributed by atoms with Gasteiger partial charge in [0.2, 0.25) is 0 Å². The number of aldehydes is 1. The molecular formula is C32H61O8PSi3. The van der Waals surface area contributed by atoms with Crippen LogP contribution in [0.15, 0.2) is 44.5 Å². The highest BCUT2D eigenvalue weighted by Crippen LogP contribution is 2.46. The summed E-state index contributed by atoms with van der Waals surface area (Å²) in [5.74, 6) is 1.00. The van der Waals surface area contributed by atoms with Crippen LogP contribution >= 0.6 is 8.38 Å². The highest BCUT2D eigenvalue weighted by atomic mass is 31.2. The Bertz CT molecular complexity index is 1120. The molecule has 0 radical (unpaired) electrons. The second-order valence-corrected chi connectivity index (χ2v) is 31.1. The molecule has 0 aromatic rings. The van der Waals surface area contributed by atoms with Gasteiger partial charge < -0.3 is 29.2 Å². The Labute approximate surface area is 271 Å². The van der Waals surface area contributed by atoms with Crippen LogP contribution in [0.4, 0.5) is 0 Å². The van der Waals surface area contributed by atoms with Crippen LogP contribution in [0.3, 0.4) is 0 Å². The van der Waals surface area contributed by atoms with Crippen LogP contribution in [-0.4, -0.2) is 86.9 Å². The molecule has 0 saturated heterocycles. The van der Waals surface area contributed by atoms with E-state index in [0.29, 0.717) is 24.6 Å². The molecule has 44 heavy (non-hydrogen) atoms. The fraction of sp³-hybridized carbons (Fsp3) is 0.656. The van der Waals surface area contributed by atoms with E-state index in [-0.39, 0.29) is 23.1 Å². The zero-order valence-electron chi connectivity index (χ0n) is 30.2. The van der Waals surface area contributed by atoms with Gasteiger partial charge in [-0.25, -0.2) is 4.79 Å². The van der Waals surface area contributed by atoms with Gasteiger partial charge in [0.25, 0.3) is 0 Å². The summed E-state index contributed by atoms with van der Waals surface area (Å²) in [6.07, 6.45) is 4.95. The average Bonchev–Trinajstić information content (AvgIpc) is 3.82. The summed E-state index contributed by atoms with van der Waals surface area (Å²) in [6.45, 7) is 29.1. The number of aliphatic hydroxyl groups excluding tert-OH is 1. The summed E-state index contributed by atoms with van der Waals surface area (Å²) in [5, 5.41) is 13.5. The molecule has 3 aliphatic carbocycles. The maximum absolute atomic E-state index is 10.9. The van der Waals surface area contributed by atoms with Crippen molar-refractivity contribution in [2.75, 3.05) is 34.1 Å². The lowest BCUT2D eigenvalue weighted by Gasteiger charge is -2.11. The number of hydrogen-bond acceptors (Lipinski definition) is 7. The first kappa shape index (κ1) is 44.8. The summed E-state index contributed by atoms with van der Waals surface area (Å²) in [7, 11) is 0.208. The monoisotopic (exact) mass is 688 g/mol. The Morgan fingerprint density at radius 3 is 1.36 bits per heavy atom. The minimum Gasteiger partial charge on any atom is -0.466 e. The third-order valence-electron chi connectivity index (χ3n) is 7.58. The van der Waals surface area contributed by atoms with Gasteiger partial charge in [-0.05, 0) is 27.7 Å². The van der Waals surface area contributed by atoms with Crippen LogP contribution in [0.5, 0.6) is 0 Å². The molecule has 0 spiro atoms. The smallest absolute Gasteiger partial charge is 0.330 e. The zero-order valence-corrected chi connectivity index (χ0v) is 34.1. The molecular weight excluding hydrogens is 628 g/mol. The van der Waals surface area contributed by atoms with Crippen molar-refractivity contribution in [2.45, 2.75) is 86.6 Å². The molecule has 3 atom stereocenters. The van der Waals surface area contributed by atoms with E-state index in [1.807, 2.05) is 6.08 Å². The lowest BCUT2D eigenvalue weighted by atomic mass is 10.3. The predicted octanol–water partition coefficient (Wildman–Crippen LogP) is 6.71. The summed E-state index contributed by atoms with van der Waals surface area (Å²) in [4.78, 5) is 31.7. The number of methoxy groups -OCH3 is 1. The van der Waals surface area contributed by atoms with Crippen molar-refractivity contribution in [3.63, 3.8) is 0 Å². The Hall–Kier alpha value is -1.31. The molecule has 3 N–H and O–H groups in total. The number of allylic oxidation sites excluding steroid dienone is 5. The first-order valence-electron chi connectivity index (χ1n) is 14.9. The van der Waals surface area contributed by atoms with Crippen LogP contribution in [0.2, 0.25) is 58.9 Å². The number of aliphatic hydroxyl groups is 1. The van der Waals surface area contributed by atoms with Gasteiger partial charge in [-0.2, -0.15) is 0 Å². The van der Waals surface area contributed by atoms with E-state index in [9.17, 15) is 14.4 Å². The van der Waals surface area contributed by atoms with Crippen LogP contribution in [0.1, 0.15) is 27.7 Å². The van der Waals surface area contributed by atoms with E-state index in [0.717, 1.165) is 6.29 Å². The fourth-order valence-electron chi connectivity index (χ4n) is 5.60. The van der Waals surface area contributed by atoms with E-state index in [1.54, 1.807) is 10.4 Å². The van der Waals surface area contributed by atoms with Gasteiger partial charge >= 0.3 is 5.97 Å². The molecule has 0 aromatic heterocycles. The molecule has 0 amide bonds. The zero-order chi connectivity index (χ0) is 34.1. The van der Waals surface area contributed by atoms with Crippen LogP contribution in [0.25, 0.3) is 0 Å². The van der Waals surface area contributed by atoms with Crippen molar-refractivity contribution in [3.8, 4) is 0 Å². The third kappa shape index (κ3) is 14.9. The molecule has 12 heteroatoms. The number of carbonyl (C=O) groups excluding carboxylic acids is 3. The first-order chi connectivity index (χ1) is 19.5. The molecule has 3 rings (SSSR count). The molecule has 0 aliphatic heterocycles. The Morgan fingerprint density at radius 1 is 0.773 bits per heavy atom. The standard InChI is InChI=1S/C11H18O2Si.C8H16OSi.C8H14OSi.C5H11O3P.H2O/c1-8-9(6-7-10(12)13-2)11(8)14(3,4)5;2*1-6-7(5-9)8(6)10(2,3)4;1-5(6)4-9(7-2)8-3;/h6-7,9H,1-5H3;7,9H,5H2,1-4H3;5,7H,1-4H3;4H2,1-3H3;1H2/b7-6+;;;;. The van der Waals surface area contributed by atoms with Crippen LogP contribution in [0, 0.1) is 17.8 Å². The van der Waals surface area contributed by atoms with Gasteiger partial charge in [0.05, 0.1) is 50.0 Å². The Balaban J connectivity index is 0. The molecule has 0 saturated carbocycles. The number of esters is 1. The quantitative estimate of drug-likeness (QED) is 0.0840. The lowest BCUT2D eigenvalue weighted by Crippen LogP contribution is -2.20. The summed E-state index contributed by atoms with van der Waals surface area (Å²) < 4.78 is 14.2. The van der Waals surface area contributed by atoms with Crippen molar-refractivity contribution in [3.05, 3.63) is 44.5 Å². The van der Waals surface area contributed by atoms with Crippen molar-refractivity contribution in [2.24, 2.45) is 17.8 Å². The van der Waals surface area contributed by atoms with Crippen molar-refractivity contribution in [1.82, 2.24) is 0 Å². The number of hydrogen-bond donors (Lipinski definition) is 1. The van der Waals surface area contributed by atoms with E-state index in [2.05, 4.69) is 84.4 Å². The normalized spacial score (nSPS) is 20.5. The van der Waals surface area contributed by atoms with Crippen molar-refractivity contribution in [1.29, 1.82) is 0 Å². The van der Waals surface area contributed by atoms with E-state index < -0.39 is 32.6 Å². The summed E-state index contributed by atoms with van der Waals surface area (Å²) in [5.41, 5.74) is 4.25. The van der Waals surface area contributed by atoms with Crippen LogP contribution < -0.4 is 0 Å². The molecule has 0 fully saturated rings. The topological polar surface area (TPSA) is 131 Å². The number of rotatable bonds is 11. The number of carbonyl (C=O) groups is 3. The maximum atomic E-state index is 10.9. The molecule has 0 heterocycles. The van der Waals surface area contributed by atoms with Gasteiger partial charge in [0, 0.05) is 32.1 Å². The number of ketones is 1. The summed E-state index contributed by atoms with van der Waals surface area (Å²) >= 11 is 0. The number of Topliss-reactive ketones (excluding diaryl/α,β-unsaturated/α-hetero) is 1. The summed E-state index contributed by atoms with van der Waals surface area (Å²) in [6, 6.07) is 0. The van der Waals surface area contributed by atoms with Gasteiger partial charge in [-0.1, -0.05) is 97.3 Å². The molecule has 8 nitrogen and oxygen atoms in total. The van der Waals surface area contributed by atoms with E-state index in [1.165, 1.54) is 56.2 Å². The maximum Gasteiger partial charge on any atom is 0.330 e. The highest BCUT2D eigenvalue weighted by molar-refractivity contribution is 7.48. The van der Waals surface area contributed by atoms with E-state index in [4.69, 9.17) is 14.2 Å². The van der Waals surface area contributed by atoms with Crippen molar-refractivity contribution < 1.29 is 38.8 Å².